The first-order chi connectivity index (χ1) is 17.2. The Kier molecular flexibility index (Phi) is 7.16. The van der Waals surface area contributed by atoms with Crippen LogP contribution in [0.2, 0.25) is 0 Å². The van der Waals surface area contributed by atoms with E-state index in [0.717, 1.165) is 61.8 Å². The van der Waals surface area contributed by atoms with Gasteiger partial charge in [-0.3, -0.25) is 4.90 Å². The van der Waals surface area contributed by atoms with Crippen LogP contribution in [0.5, 0.6) is 0 Å². The zero-order chi connectivity index (χ0) is 24.0. The molecule has 4 aromatic rings. The zero-order valence-electron chi connectivity index (χ0n) is 19.9. The lowest BCUT2D eigenvalue weighted by Crippen LogP contribution is -2.38. The lowest BCUT2D eigenvalue weighted by Gasteiger charge is -2.26. The molecule has 1 saturated heterocycles. The average molecular weight is 472 g/mol. The normalized spacial score (nSPS) is 15.1. The molecule has 35 heavy (non-hydrogen) atoms. The van der Waals surface area contributed by atoms with Crippen LogP contribution in [0.1, 0.15) is 18.5 Å². The minimum Gasteiger partial charge on any atom is -0.379 e. The highest BCUT2D eigenvalue weighted by Gasteiger charge is 2.16. The molecule has 2 aromatic heterocycles. The zero-order valence-corrected chi connectivity index (χ0v) is 19.9. The number of anilines is 1. The quantitative estimate of drug-likeness (QED) is 0.380. The van der Waals surface area contributed by atoms with Crippen molar-refractivity contribution in [3.63, 3.8) is 0 Å². The molecule has 0 unspecified atom stereocenters. The number of aromatic nitrogens is 3. The summed E-state index contributed by atoms with van der Waals surface area (Å²) in [5.41, 5.74) is 4.97. The van der Waals surface area contributed by atoms with E-state index in [1.807, 2.05) is 36.4 Å². The Morgan fingerprint density at radius 1 is 0.943 bits per heavy atom. The summed E-state index contributed by atoms with van der Waals surface area (Å²) in [7, 11) is 0. The molecule has 0 radical (unpaired) electrons. The van der Waals surface area contributed by atoms with Crippen molar-refractivity contribution >= 4 is 5.95 Å². The lowest BCUT2D eigenvalue weighted by atomic mass is 10.0. The molecule has 0 bridgehead atoms. The molecular weight excluding hydrogens is 441 g/mol. The van der Waals surface area contributed by atoms with Gasteiger partial charge >= 0.3 is 0 Å². The summed E-state index contributed by atoms with van der Waals surface area (Å²) in [4.78, 5) is 11.7. The molecule has 1 aliphatic rings. The third-order valence-corrected chi connectivity index (χ3v) is 6.39. The maximum atomic E-state index is 13.6. The number of nitrogens with zero attached hydrogens (tertiary/aromatic N) is 4. The number of rotatable bonds is 8. The van der Waals surface area contributed by atoms with Gasteiger partial charge in [0, 0.05) is 55.9 Å². The molecule has 1 fully saturated rings. The fourth-order valence-electron chi connectivity index (χ4n) is 4.38. The van der Waals surface area contributed by atoms with Gasteiger partial charge in [0.15, 0.2) is 0 Å². The van der Waals surface area contributed by atoms with Gasteiger partial charge < -0.3 is 14.6 Å². The first kappa shape index (κ1) is 23.2. The summed E-state index contributed by atoms with van der Waals surface area (Å²) in [6.07, 6.45) is 6.04. The number of morpholine rings is 1. The van der Waals surface area contributed by atoms with Gasteiger partial charge in [-0.2, -0.15) is 0 Å². The fraction of sp³-hybridized carbons (Fsp3) is 0.286. The van der Waals surface area contributed by atoms with Gasteiger partial charge in [0.25, 0.3) is 0 Å². The highest BCUT2D eigenvalue weighted by atomic mass is 19.1. The molecule has 1 N–H and O–H groups in total. The first-order valence-corrected chi connectivity index (χ1v) is 12.1. The van der Waals surface area contributed by atoms with E-state index in [1.54, 1.807) is 6.20 Å². The van der Waals surface area contributed by atoms with Gasteiger partial charge in [0.2, 0.25) is 5.95 Å². The number of ether oxygens (including phenoxy) is 1. The molecule has 0 aliphatic carbocycles. The van der Waals surface area contributed by atoms with Gasteiger partial charge in [-0.25, -0.2) is 14.4 Å². The third kappa shape index (κ3) is 5.75. The molecule has 1 atom stereocenters. The molecule has 1 aliphatic heterocycles. The number of benzene rings is 2. The average Bonchev–Trinajstić information content (AvgIpc) is 3.33. The Morgan fingerprint density at radius 2 is 1.69 bits per heavy atom. The second kappa shape index (κ2) is 10.8. The van der Waals surface area contributed by atoms with E-state index >= 15 is 0 Å². The van der Waals surface area contributed by atoms with E-state index in [-0.39, 0.29) is 11.9 Å². The minimum atomic E-state index is -0.245. The van der Waals surface area contributed by atoms with E-state index in [4.69, 9.17) is 9.72 Å². The molecular formula is C28H30FN5O. The maximum Gasteiger partial charge on any atom is 0.223 e. The monoisotopic (exact) mass is 471 g/mol. The summed E-state index contributed by atoms with van der Waals surface area (Å²) < 4.78 is 21.3. The maximum absolute atomic E-state index is 13.6. The second-order valence-corrected chi connectivity index (χ2v) is 8.83. The molecule has 0 spiro atoms. The van der Waals surface area contributed by atoms with E-state index in [9.17, 15) is 4.39 Å². The van der Waals surface area contributed by atoms with E-state index < -0.39 is 0 Å². The van der Waals surface area contributed by atoms with Gasteiger partial charge in [0.05, 0.1) is 24.9 Å². The highest BCUT2D eigenvalue weighted by Crippen LogP contribution is 2.33. The van der Waals surface area contributed by atoms with Crippen LogP contribution in [0, 0.1) is 5.82 Å². The molecule has 3 heterocycles. The van der Waals surface area contributed by atoms with Crippen molar-refractivity contribution in [1.82, 2.24) is 19.4 Å². The van der Waals surface area contributed by atoms with Crippen molar-refractivity contribution in [1.29, 1.82) is 0 Å². The first-order valence-electron chi connectivity index (χ1n) is 12.1. The van der Waals surface area contributed by atoms with Crippen molar-refractivity contribution in [3.05, 3.63) is 90.6 Å². The Labute approximate surface area is 205 Å². The highest BCUT2D eigenvalue weighted by molar-refractivity contribution is 5.82. The number of halogens is 1. The Balaban J connectivity index is 1.42. The van der Waals surface area contributed by atoms with Gasteiger partial charge in [-0.1, -0.05) is 42.5 Å². The summed E-state index contributed by atoms with van der Waals surface area (Å²) in [6, 6.07) is 18.9. The summed E-state index contributed by atoms with van der Waals surface area (Å²) in [5, 5.41) is 3.41. The Bertz CT molecular complexity index is 1240. The molecule has 2 aromatic carbocycles. The van der Waals surface area contributed by atoms with E-state index in [2.05, 4.69) is 51.2 Å². The van der Waals surface area contributed by atoms with E-state index in [0.29, 0.717) is 5.95 Å². The topological polar surface area (TPSA) is 55.2 Å². The van der Waals surface area contributed by atoms with Crippen LogP contribution in [0.4, 0.5) is 10.3 Å². The third-order valence-electron chi connectivity index (χ3n) is 6.39. The van der Waals surface area contributed by atoms with Crippen LogP contribution in [0.3, 0.4) is 0 Å². The van der Waals surface area contributed by atoms with E-state index in [1.165, 1.54) is 17.7 Å². The molecule has 180 valence electrons. The number of hydrogen-bond donors (Lipinski definition) is 1. The van der Waals surface area contributed by atoms with Crippen LogP contribution in [0.15, 0.2) is 79.3 Å². The van der Waals surface area contributed by atoms with Crippen molar-refractivity contribution in [2.75, 3.05) is 38.2 Å². The molecule has 0 saturated carbocycles. The van der Waals surface area contributed by atoms with Crippen molar-refractivity contribution in [3.8, 4) is 22.4 Å². The van der Waals surface area contributed by atoms with Crippen LogP contribution < -0.4 is 5.32 Å². The van der Waals surface area contributed by atoms with Gasteiger partial charge in [0.1, 0.15) is 5.82 Å². The summed E-state index contributed by atoms with van der Waals surface area (Å²) >= 11 is 0. The predicted molar refractivity (Wildman–Crippen MR) is 137 cm³/mol. The second-order valence-electron chi connectivity index (χ2n) is 8.83. The molecule has 6 nitrogen and oxygen atoms in total. The van der Waals surface area contributed by atoms with Crippen LogP contribution in [-0.2, 0) is 11.3 Å². The smallest absolute Gasteiger partial charge is 0.223 e. The van der Waals surface area contributed by atoms with Crippen LogP contribution in [0.25, 0.3) is 22.4 Å². The standard InChI is InChI=1S/C28H30FN5O/c1-21(22-5-3-2-4-6-22)31-28-30-12-11-27(32-28)26-20-34(14-13-33-15-17-35-18-16-33)19-25(26)23-7-9-24(29)10-8-23/h2-12,19-21H,13-18H2,1H3,(H,30,31,32)/t21-/m0/s1. The Hall–Kier alpha value is -3.55. The number of hydrogen-bond acceptors (Lipinski definition) is 5. The SMILES string of the molecule is C[C@H](Nc1nccc(-c2cn(CCN3CCOCC3)cc2-c2ccc(F)cc2)n1)c1ccccc1. The number of nitrogens with one attached hydrogen (secondary N) is 1. The Morgan fingerprint density at radius 3 is 2.46 bits per heavy atom. The van der Waals surface area contributed by atoms with Crippen LogP contribution >= 0.6 is 0 Å². The van der Waals surface area contributed by atoms with Crippen molar-refractivity contribution in [2.24, 2.45) is 0 Å². The largest absolute Gasteiger partial charge is 0.379 e. The van der Waals surface area contributed by atoms with Gasteiger partial charge in [-0.05, 0) is 36.2 Å². The van der Waals surface area contributed by atoms with Gasteiger partial charge in [-0.15, -0.1) is 0 Å². The van der Waals surface area contributed by atoms with Crippen molar-refractivity contribution in [2.45, 2.75) is 19.5 Å². The lowest BCUT2D eigenvalue weighted by molar-refractivity contribution is 0.0364. The predicted octanol–water partition coefficient (Wildman–Crippen LogP) is 5.26. The molecule has 7 heteroatoms. The minimum absolute atomic E-state index is 0.0705. The molecule has 5 rings (SSSR count). The molecule has 0 amide bonds. The van der Waals surface area contributed by atoms with Crippen LogP contribution in [-0.4, -0.2) is 52.3 Å². The summed E-state index contributed by atoms with van der Waals surface area (Å²) in [5.74, 6) is 0.329. The van der Waals surface area contributed by atoms with Crippen molar-refractivity contribution < 1.29 is 9.13 Å². The summed E-state index contributed by atoms with van der Waals surface area (Å²) in [6.45, 7) is 7.39. The fourth-order valence-corrected chi connectivity index (χ4v) is 4.38.